The lowest BCUT2D eigenvalue weighted by molar-refractivity contribution is -0.116. The normalized spacial score (nSPS) is 12.0. The lowest BCUT2D eigenvalue weighted by atomic mass is 9.99. The van der Waals surface area contributed by atoms with Crippen molar-refractivity contribution < 1.29 is 9.18 Å². The second-order valence-electron chi connectivity index (χ2n) is 6.00. The number of rotatable bonds is 5. The Balaban J connectivity index is 1.66. The Morgan fingerprint density at radius 1 is 1.24 bits per heavy atom. The number of hydrogen-bond acceptors (Lipinski definition) is 3. The van der Waals surface area contributed by atoms with Gasteiger partial charge >= 0.3 is 0 Å². The highest BCUT2D eigenvalue weighted by molar-refractivity contribution is 5.90. The van der Waals surface area contributed by atoms with E-state index in [9.17, 15) is 9.18 Å². The summed E-state index contributed by atoms with van der Waals surface area (Å²) in [6.45, 7) is 3.80. The summed E-state index contributed by atoms with van der Waals surface area (Å²) < 4.78 is 15.3. The van der Waals surface area contributed by atoms with Crippen molar-refractivity contribution >= 4 is 11.6 Å². The second kappa shape index (κ2) is 7.25. The van der Waals surface area contributed by atoms with Crippen molar-refractivity contribution in [2.24, 2.45) is 0 Å². The van der Waals surface area contributed by atoms with Crippen molar-refractivity contribution in [1.29, 1.82) is 0 Å². The molecule has 128 valence electrons. The van der Waals surface area contributed by atoms with Gasteiger partial charge in [-0.05, 0) is 30.2 Å². The molecule has 0 bridgehead atoms. The van der Waals surface area contributed by atoms with Gasteiger partial charge in [0.1, 0.15) is 12.4 Å². The fraction of sp³-hybridized carbons (Fsp3) is 0.211. The van der Waals surface area contributed by atoms with E-state index in [1.54, 1.807) is 25.3 Å². The predicted molar refractivity (Wildman–Crippen MR) is 93.7 cm³/mol. The molecule has 0 spiro atoms. The maximum atomic E-state index is 13.8. The van der Waals surface area contributed by atoms with E-state index in [4.69, 9.17) is 0 Å². The first-order chi connectivity index (χ1) is 12.0. The number of halogens is 1. The average Bonchev–Trinajstić information content (AvgIpc) is 3.06. The molecule has 0 saturated carbocycles. The Morgan fingerprint density at radius 2 is 2.00 bits per heavy atom. The van der Waals surface area contributed by atoms with Gasteiger partial charge in [0, 0.05) is 12.1 Å². The molecule has 0 aliphatic carbocycles. The monoisotopic (exact) mass is 338 g/mol. The Hall–Kier alpha value is -3.02. The van der Waals surface area contributed by atoms with Crippen LogP contribution in [0.5, 0.6) is 0 Å². The van der Waals surface area contributed by atoms with Crippen LogP contribution >= 0.6 is 0 Å². The van der Waals surface area contributed by atoms with Crippen molar-refractivity contribution in [3.63, 3.8) is 0 Å². The molecule has 5 nitrogen and oxygen atoms in total. The quantitative estimate of drug-likeness (QED) is 0.774. The van der Waals surface area contributed by atoms with Crippen LogP contribution in [-0.4, -0.2) is 20.9 Å². The molecule has 1 aromatic heterocycles. The molecule has 1 atom stereocenters. The van der Waals surface area contributed by atoms with Gasteiger partial charge in [0.05, 0.1) is 11.4 Å². The van der Waals surface area contributed by atoms with E-state index in [1.807, 2.05) is 37.3 Å². The summed E-state index contributed by atoms with van der Waals surface area (Å²) in [6.07, 6.45) is 1.74. The highest BCUT2D eigenvalue weighted by atomic mass is 19.1. The molecule has 0 radical (unpaired) electrons. The molecule has 0 saturated heterocycles. The van der Waals surface area contributed by atoms with Gasteiger partial charge in [0.25, 0.3) is 0 Å². The molecule has 3 aromatic rings. The first-order valence-corrected chi connectivity index (χ1v) is 8.04. The van der Waals surface area contributed by atoms with Crippen LogP contribution in [0.3, 0.4) is 0 Å². The van der Waals surface area contributed by atoms with Gasteiger partial charge in [-0.25, -0.2) is 9.07 Å². The molecule has 1 heterocycles. The minimum absolute atomic E-state index is 0.0260. The van der Waals surface area contributed by atoms with Crippen molar-refractivity contribution in [2.75, 3.05) is 5.32 Å². The summed E-state index contributed by atoms with van der Waals surface area (Å²) in [5.74, 6) is -0.732. The van der Waals surface area contributed by atoms with E-state index in [0.29, 0.717) is 0 Å². The zero-order valence-corrected chi connectivity index (χ0v) is 14.1. The van der Waals surface area contributed by atoms with E-state index in [1.165, 1.54) is 10.7 Å². The van der Waals surface area contributed by atoms with Crippen LogP contribution in [0.15, 0.2) is 54.7 Å². The van der Waals surface area contributed by atoms with Gasteiger partial charge in [-0.1, -0.05) is 48.5 Å². The number of amides is 1. The number of benzene rings is 2. The number of carbonyl (C=O) groups is 1. The van der Waals surface area contributed by atoms with Crippen molar-refractivity contribution in [3.8, 4) is 0 Å². The fourth-order valence-electron chi connectivity index (χ4n) is 2.56. The molecule has 25 heavy (non-hydrogen) atoms. The van der Waals surface area contributed by atoms with Gasteiger partial charge in [-0.3, -0.25) is 4.79 Å². The molecule has 2 aromatic carbocycles. The third kappa shape index (κ3) is 4.09. The molecular formula is C19H19FN4O. The Morgan fingerprint density at radius 3 is 2.72 bits per heavy atom. The number of carbonyl (C=O) groups excluding carboxylic acids is 1. The first-order valence-electron chi connectivity index (χ1n) is 8.04. The van der Waals surface area contributed by atoms with Crippen LogP contribution in [0.2, 0.25) is 0 Å². The lowest BCUT2D eigenvalue weighted by Gasteiger charge is -2.08. The maximum Gasteiger partial charge on any atom is 0.246 e. The summed E-state index contributed by atoms with van der Waals surface area (Å²) in [5, 5.41) is 10.7. The van der Waals surface area contributed by atoms with E-state index in [-0.39, 0.29) is 24.1 Å². The van der Waals surface area contributed by atoms with Crippen LogP contribution in [0.1, 0.15) is 29.7 Å². The van der Waals surface area contributed by atoms with Gasteiger partial charge in [0.2, 0.25) is 5.91 Å². The van der Waals surface area contributed by atoms with Crippen LogP contribution in [0.4, 0.5) is 10.1 Å². The summed E-state index contributed by atoms with van der Waals surface area (Å²) >= 11 is 0. The topological polar surface area (TPSA) is 59.8 Å². The lowest BCUT2D eigenvalue weighted by Crippen LogP contribution is -2.19. The average molecular weight is 338 g/mol. The molecule has 0 aliphatic heterocycles. The van der Waals surface area contributed by atoms with Crippen LogP contribution in [-0.2, 0) is 11.3 Å². The third-order valence-corrected chi connectivity index (χ3v) is 4.00. The van der Waals surface area contributed by atoms with E-state index in [0.717, 1.165) is 16.8 Å². The van der Waals surface area contributed by atoms with Gasteiger partial charge in [-0.15, -0.1) is 5.10 Å². The van der Waals surface area contributed by atoms with Crippen molar-refractivity contribution in [3.05, 3.63) is 77.4 Å². The summed E-state index contributed by atoms with van der Waals surface area (Å²) in [4.78, 5) is 12.1. The maximum absolute atomic E-state index is 13.8. The fourth-order valence-corrected chi connectivity index (χ4v) is 2.56. The molecule has 3 rings (SSSR count). The molecule has 0 fully saturated rings. The smallest absolute Gasteiger partial charge is 0.246 e. The third-order valence-electron chi connectivity index (χ3n) is 4.00. The number of nitrogens with zero attached hydrogens (tertiary/aromatic N) is 3. The minimum Gasteiger partial charge on any atom is -0.322 e. The minimum atomic E-state index is -0.453. The van der Waals surface area contributed by atoms with Crippen molar-refractivity contribution in [1.82, 2.24) is 15.0 Å². The number of hydrogen-bond donors (Lipinski definition) is 1. The number of nitrogens with one attached hydrogen (secondary N) is 1. The molecule has 6 heteroatoms. The zero-order chi connectivity index (χ0) is 17.8. The SMILES string of the molecule is Cc1ccc(NC(=O)Cn2cc(C(C)c3ccccc3)nn2)c(F)c1. The number of aromatic nitrogens is 3. The van der Waals surface area contributed by atoms with E-state index >= 15 is 0 Å². The summed E-state index contributed by atoms with van der Waals surface area (Å²) in [6, 6.07) is 14.6. The Kier molecular flexibility index (Phi) is 4.88. The Bertz CT molecular complexity index is 876. The summed E-state index contributed by atoms with van der Waals surface area (Å²) in [5.41, 5.74) is 2.86. The van der Waals surface area contributed by atoms with Crippen LogP contribution < -0.4 is 5.32 Å². The van der Waals surface area contributed by atoms with Gasteiger partial charge in [0.15, 0.2) is 0 Å². The highest BCUT2D eigenvalue weighted by Crippen LogP contribution is 2.21. The Labute approximate surface area is 145 Å². The van der Waals surface area contributed by atoms with Gasteiger partial charge < -0.3 is 5.32 Å². The molecule has 1 amide bonds. The summed E-state index contributed by atoms with van der Waals surface area (Å²) in [7, 11) is 0. The van der Waals surface area contributed by atoms with Crippen LogP contribution in [0, 0.1) is 12.7 Å². The van der Waals surface area contributed by atoms with Crippen LogP contribution in [0.25, 0.3) is 0 Å². The molecule has 0 aliphatic rings. The number of anilines is 1. The number of aryl methyl sites for hydroxylation is 1. The molecular weight excluding hydrogens is 319 g/mol. The first kappa shape index (κ1) is 16.8. The zero-order valence-electron chi connectivity index (χ0n) is 14.1. The van der Waals surface area contributed by atoms with E-state index < -0.39 is 5.82 Å². The standard InChI is InChI=1S/C19H19FN4O/c1-13-8-9-17(16(20)10-13)21-19(25)12-24-11-18(22-23-24)14(2)15-6-4-3-5-7-15/h3-11,14H,12H2,1-2H3,(H,21,25). The second-order valence-corrected chi connectivity index (χ2v) is 6.00. The molecule has 1 unspecified atom stereocenters. The van der Waals surface area contributed by atoms with Gasteiger partial charge in [-0.2, -0.15) is 0 Å². The predicted octanol–water partition coefficient (Wildman–Crippen LogP) is 3.52. The highest BCUT2D eigenvalue weighted by Gasteiger charge is 2.14. The van der Waals surface area contributed by atoms with Crippen molar-refractivity contribution in [2.45, 2.75) is 26.3 Å². The molecule has 1 N–H and O–H groups in total. The van der Waals surface area contributed by atoms with E-state index in [2.05, 4.69) is 15.6 Å². The largest absolute Gasteiger partial charge is 0.322 e.